The number of carbonyl (C=O) groups excluding carboxylic acids is 1. The Morgan fingerprint density at radius 1 is 1.05 bits per heavy atom. The van der Waals surface area contributed by atoms with Gasteiger partial charge in [0.15, 0.2) is 5.78 Å². The number of hydrogen-bond acceptors (Lipinski definition) is 4. The zero-order valence-electron chi connectivity index (χ0n) is 11.8. The van der Waals surface area contributed by atoms with E-state index in [-0.39, 0.29) is 11.9 Å². The van der Waals surface area contributed by atoms with Gasteiger partial charge in [0.05, 0.1) is 6.10 Å². The van der Waals surface area contributed by atoms with Crippen LogP contribution >= 0.6 is 0 Å². The summed E-state index contributed by atoms with van der Waals surface area (Å²) in [7, 11) is 0. The molecule has 0 aliphatic heterocycles. The van der Waals surface area contributed by atoms with E-state index < -0.39 is 0 Å². The van der Waals surface area contributed by atoms with Crippen molar-refractivity contribution < 1.29 is 14.3 Å². The highest BCUT2D eigenvalue weighted by atomic mass is 16.5. The number of rotatable bonds is 5. The number of aromatic nitrogens is 1. The Morgan fingerprint density at radius 2 is 1.70 bits per heavy atom. The van der Waals surface area contributed by atoms with Gasteiger partial charge in [-0.2, -0.15) is 0 Å². The number of nitrogens with zero attached hydrogens (tertiary/aromatic N) is 1. The zero-order chi connectivity index (χ0) is 14.5. The van der Waals surface area contributed by atoms with Gasteiger partial charge in [-0.05, 0) is 44.2 Å². The summed E-state index contributed by atoms with van der Waals surface area (Å²) in [4.78, 5) is 15.2. The third kappa shape index (κ3) is 3.82. The average Bonchev–Trinajstić information content (AvgIpc) is 2.41. The van der Waals surface area contributed by atoms with Gasteiger partial charge in [-0.15, -0.1) is 0 Å². The Kier molecular flexibility index (Phi) is 4.35. The highest BCUT2D eigenvalue weighted by Gasteiger charge is 2.04. The maximum absolute atomic E-state index is 11.3. The van der Waals surface area contributed by atoms with Crippen LogP contribution in [0.5, 0.6) is 17.2 Å². The summed E-state index contributed by atoms with van der Waals surface area (Å²) in [6.07, 6.45) is 1.70. The van der Waals surface area contributed by atoms with Crippen LogP contribution in [-0.2, 0) is 0 Å². The zero-order valence-corrected chi connectivity index (χ0v) is 11.8. The van der Waals surface area contributed by atoms with Gasteiger partial charge < -0.3 is 9.47 Å². The molecule has 0 saturated carbocycles. The normalized spacial score (nSPS) is 10.4. The van der Waals surface area contributed by atoms with Gasteiger partial charge in [0.1, 0.15) is 22.9 Å². The van der Waals surface area contributed by atoms with Gasteiger partial charge in [0.2, 0.25) is 0 Å². The highest BCUT2D eigenvalue weighted by molar-refractivity contribution is 5.92. The van der Waals surface area contributed by atoms with Crippen molar-refractivity contribution in [2.24, 2.45) is 0 Å². The Bertz CT molecular complexity index is 591. The van der Waals surface area contributed by atoms with Crippen LogP contribution in [0.2, 0.25) is 0 Å². The van der Waals surface area contributed by atoms with Crippen LogP contribution in [0.4, 0.5) is 0 Å². The minimum Gasteiger partial charge on any atom is -0.491 e. The molecule has 2 rings (SSSR count). The number of carbonyl (C=O) groups is 1. The predicted octanol–water partition coefficient (Wildman–Crippen LogP) is 3.86. The van der Waals surface area contributed by atoms with Crippen LogP contribution in [0, 0.1) is 0 Å². The summed E-state index contributed by atoms with van der Waals surface area (Å²) in [6, 6.07) is 10.7. The van der Waals surface area contributed by atoms with Crippen molar-refractivity contribution >= 4 is 5.78 Å². The van der Waals surface area contributed by atoms with Gasteiger partial charge in [-0.3, -0.25) is 9.78 Å². The first-order valence-corrected chi connectivity index (χ1v) is 6.46. The van der Waals surface area contributed by atoms with Gasteiger partial charge >= 0.3 is 0 Å². The lowest BCUT2D eigenvalue weighted by atomic mass is 10.2. The molecule has 4 nitrogen and oxygen atoms in total. The maximum atomic E-state index is 11.3. The number of hydrogen-bond donors (Lipinski definition) is 0. The first kappa shape index (κ1) is 14.1. The fourth-order valence-electron chi connectivity index (χ4n) is 1.66. The van der Waals surface area contributed by atoms with Gasteiger partial charge in [0.25, 0.3) is 0 Å². The Balaban J connectivity index is 2.10. The summed E-state index contributed by atoms with van der Waals surface area (Å²) in [6.45, 7) is 5.43. The molecule has 0 amide bonds. The third-order valence-electron chi connectivity index (χ3n) is 2.52. The molecule has 0 aliphatic rings. The monoisotopic (exact) mass is 271 g/mol. The molecule has 0 fully saturated rings. The van der Waals surface area contributed by atoms with Crippen molar-refractivity contribution in [3.05, 3.63) is 48.3 Å². The number of Topliss-reactive ketones (excluding diaryl/α,β-unsaturated/α-hetero) is 1. The summed E-state index contributed by atoms with van der Waals surface area (Å²) < 4.78 is 11.2. The van der Waals surface area contributed by atoms with Gasteiger partial charge in [0, 0.05) is 19.2 Å². The van der Waals surface area contributed by atoms with Crippen LogP contribution in [0.15, 0.2) is 42.6 Å². The third-order valence-corrected chi connectivity index (χ3v) is 2.52. The average molecular weight is 271 g/mol. The molecule has 1 heterocycles. The van der Waals surface area contributed by atoms with Crippen LogP contribution < -0.4 is 9.47 Å². The SMILES string of the molecule is CC(=O)c1cc(Oc2ccc(OC(C)C)cc2)ccn1. The second kappa shape index (κ2) is 6.19. The topological polar surface area (TPSA) is 48.4 Å². The largest absolute Gasteiger partial charge is 0.491 e. The first-order valence-electron chi connectivity index (χ1n) is 6.46. The second-order valence-corrected chi connectivity index (χ2v) is 4.67. The number of ether oxygens (including phenoxy) is 2. The number of ketones is 1. The molecule has 4 heteroatoms. The number of pyridine rings is 1. The number of benzene rings is 1. The van der Waals surface area contributed by atoms with Crippen molar-refractivity contribution in [2.75, 3.05) is 0 Å². The van der Waals surface area contributed by atoms with Crippen molar-refractivity contribution in [3.8, 4) is 17.2 Å². The summed E-state index contributed by atoms with van der Waals surface area (Å²) in [5.41, 5.74) is 0.391. The van der Waals surface area contributed by atoms with Crippen LogP contribution in [0.1, 0.15) is 31.3 Å². The van der Waals surface area contributed by atoms with E-state index in [0.29, 0.717) is 17.2 Å². The van der Waals surface area contributed by atoms with Crippen molar-refractivity contribution in [3.63, 3.8) is 0 Å². The molecule has 104 valence electrons. The van der Waals surface area contributed by atoms with Crippen molar-refractivity contribution in [2.45, 2.75) is 26.9 Å². The minimum atomic E-state index is -0.0869. The molecule has 0 bridgehead atoms. The van der Waals surface area contributed by atoms with E-state index in [9.17, 15) is 4.79 Å². The van der Waals surface area contributed by atoms with E-state index in [4.69, 9.17) is 9.47 Å². The quantitative estimate of drug-likeness (QED) is 0.775. The smallest absolute Gasteiger partial charge is 0.178 e. The van der Waals surface area contributed by atoms with E-state index in [2.05, 4.69) is 4.98 Å². The van der Waals surface area contributed by atoms with Gasteiger partial charge in [-0.1, -0.05) is 0 Å². The molecule has 1 aromatic heterocycles. The standard InChI is InChI=1S/C16H17NO3/c1-11(2)19-13-4-6-14(7-5-13)20-15-8-9-17-16(10-15)12(3)18/h4-11H,1-3H3. The minimum absolute atomic E-state index is 0.0869. The summed E-state index contributed by atoms with van der Waals surface area (Å²) >= 11 is 0. The summed E-state index contributed by atoms with van der Waals surface area (Å²) in [5.74, 6) is 1.98. The maximum Gasteiger partial charge on any atom is 0.178 e. The van der Waals surface area contributed by atoms with E-state index in [1.54, 1.807) is 18.3 Å². The van der Waals surface area contributed by atoms with E-state index in [1.165, 1.54) is 6.92 Å². The molecular weight excluding hydrogens is 254 g/mol. The van der Waals surface area contributed by atoms with Crippen molar-refractivity contribution in [1.29, 1.82) is 0 Å². The second-order valence-electron chi connectivity index (χ2n) is 4.67. The molecule has 0 atom stereocenters. The van der Waals surface area contributed by atoms with Crippen LogP contribution in [0.25, 0.3) is 0 Å². The fraction of sp³-hybridized carbons (Fsp3) is 0.250. The molecule has 0 saturated heterocycles. The lowest BCUT2D eigenvalue weighted by Crippen LogP contribution is -2.05. The Labute approximate surface area is 118 Å². The predicted molar refractivity (Wildman–Crippen MR) is 76.5 cm³/mol. The Morgan fingerprint density at radius 3 is 2.30 bits per heavy atom. The summed E-state index contributed by atoms with van der Waals surface area (Å²) in [5, 5.41) is 0. The van der Waals surface area contributed by atoms with E-state index >= 15 is 0 Å². The molecule has 1 aromatic carbocycles. The van der Waals surface area contributed by atoms with Gasteiger partial charge in [-0.25, -0.2) is 0 Å². The van der Waals surface area contributed by atoms with Crippen molar-refractivity contribution in [1.82, 2.24) is 4.98 Å². The van der Waals surface area contributed by atoms with E-state index in [0.717, 1.165) is 5.75 Å². The molecule has 0 spiro atoms. The fourth-order valence-corrected chi connectivity index (χ4v) is 1.66. The molecular formula is C16H17NO3. The lowest BCUT2D eigenvalue weighted by Gasteiger charge is -2.10. The molecule has 0 unspecified atom stereocenters. The first-order chi connectivity index (χ1) is 9.54. The van der Waals surface area contributed by atoms with Crippen LogP contribution in [0.3, 0.4) is 0 Å². The molecule has 0 N–H and O–H groups in total. The molecule has 0 aliphatic carbocycles. The molecule has 20 heavy (non-hydrogen) atoms. The Hall–Kier alpha value is -2.36. The van der Waals surface area contributed by atoms with Crippen LogP contribution in [-0.4, -0.2) is 16.9 Å². The lowest BCUT2D eigenvalue weighted by molar-refractivity contribution is 0.101. The molecule has 0 radical (unpaired) electrons. The van der Waals surface area contributed by atoms with E-state index in [1.807, 2.05) is 38.1 Å². The highest BCUT2D eigenvalue weighted by Crippen LogP contribution is 2.24. The molecule has 2 aromatic rings.